The van der Waals surface area contributed by atoms with Crippen LogP contribution in [0.5, 0.6) is 5.75 Å². The molecule has 1 N–H and O–H groups in total. The van der Waals surface area contributed by atoms with Crippen molar-refractivity contribution >= 4 is 11.6 Å². The fourth-order valence-corrected chi connectivity index (χ4v) is 9.15. The van der Waals surface area contributed by atoms with Crippen LogP contribution in [0.25, 0.3) is 56.2 Å². The maximum absolute atomic E-state index is 12.6. The highest BCUT2D eigenvalue weighted by Gasteiger charge is 2.36. The highest BCUT2D eigenvalue weighted by molar-refractivity contribution is 6.01. The fraction of sp³-hybridized carbons (Fsp3) is 0.290. The van der Waals surface area contributed by atoms with Crippen LogP contribution in [0.4, 0.5) is 0 Å². The highest BCUT2D eigenvalue weighted by atomic mass is 16.3. The fourth-order valence-electron chi connectivity index (χ4n) is 9.15. The van der Waals surface area contributed by atoms with E-state index < -0.39 is 6.85 Å². The van der Waals surface area contributed by atoms with Crippen molar-refractivity contribution in [1.29, 1.82) is 0 Å². The van der Waals surface area contributed by atoms with E-state index >= 15 is 0 Å². The second-order valence-corrected chi connectivity index (χ2v) is 21.9. The molecule has 0 fully saturated rings. The zero-order valence-corrected chi connectivity index (χ0v) is 39.5. The summed E-state index contributed by atoms with van der Waals surface area (Å²) in [6.45, 7) is 24.8. The molecule has 0 saturated carbocycles. The number of fused-ring (bicyclic) bond motifs is 1. The van der Waals surface area contributed by atoms with Crippen molar-refractivity contribution in [1.82, 2.24) is 0 Å². The standard InChI is InChI=1S/C62H66O/c1-39-25-27-40(28-26-39)42-21-17-22-43(31-42)44-32-45(34-47(33-44)60(5,6)7)49-23-18-24-50-53(49)38-54(55-36-48(61(8,9)10)37-56(58(55)63)62(11,12)13)57(50)51-30-29-46(59(2,3)4)35-52(51)41-19-15-14-16-20-41/h14-38,57,63H,1-13H3/i1D3. The topological polar surface area (TPSA) is 20.2 Å². The van der Waals surface area contributed by atoms with E-state index in [0.29, 0.717) is 11.3 Å². The molecule has 1 aliphatic carbocycles. The first-order chi connectivity index (χ1) is 30.8. The van der Waals surface area contributed by atoms with E-state index in [-0.39, 0.29) is 27.6 Å². The first-order valence-corrected chi connectivity index (χ1v) is 22.6. The van der Waals surface area contributed by atoms with Gasteiger partial charge in [-0.15, -0.1) is 0 Å². The Hall–Kier alpha value is -5.92. The minimum absolute atomic E-state index is 0.0536. The third kappa shape index (κ3) is 8.73. The summed E-state index contributed by atoms with van der Waals surface area (Å²) < 4.78 is 23.6. The molecule has 0 amide bonds. The summed E-state index contributed by atoms with van der Waals surface area (Å²) in [7, 11) is 0. The second-order valence-electron chi connectivity index (χ2n) is 21.9. The van der Waals surface area contributed by atoms with E-state index in [1.807, 2.05) is 12.1 Å². The number of benzene rings is 7. The molecule has 0 spiro atoms. The SMILES string of the molecule is [2H]C([2H])([2H])c1ccc(-c2cccc(-c3cc(-c4cccc5c4C=C(c4cc(C(C)(C)C)cc(C(C)(C)C)c4O)C5c4ccc(C(C)(C)C)cc4-c4ccccc4)cc(C(C)(C)C)c3)c2)cc1. The quantitative estimate of drug-likeness (QED) is 0.177. The maximum atomic E-state index is 12.6. The van der Waals surface area contributed by atoms with Crippen LogP contribution in [-0.4, -0.2) is 5.11 Å². The molecule has 7 aromatic carbocycles. The lowest BCUT2D eigenvalue weighted by atomic mass is 9.75. The second kappa shape index (κ2) is 16.0. The Morgan fingerprint density at radius 3 is 1.62 bits per heavy atom. The average Bonchev–Trinajstić information content (AvgIpc) is 3.64. The molecule has 1 heteroatoms. The van der Waals surface area contributed by atoms with Crippen LogP contribution in [0.2, 0.25) is 0 Å². The highest BCUT2D eigenvalue weighted by Crippen LogP contribution is 2.54. The van der Waals surface area contributed by atoms with Crippen molar-refractivity contribution in [2.24, 2.45) is 0 Å². The van der Waals surface area contributed by atoms with E-state index in [9.17, 15) is 5.11 Å². The van der Waals surface area contributed by atoms with Gasteiger partial charge >= 0.3 is 0 Å². The molecule has 0 heterocycles. The average molecular weight is 830 g/mol. The Kier molecular flexibility index (Phi) is 10.1. The normalized spacial score (nSPS) is 15.3. The molecule has 1 unspecified atom stereocenters. The molecule has 0 radical (unpaired) electrons. The van der Waals surface area contributed by atoms with E-state index in [1.54, 1.807) is 12.1 Å². The van der Waals surface area contributed by atoms with Gasteiger partial charge in [0, 0.05) is 21.2 Å². The molecular weight excluding hydrogens is 761 g/mol. The molecule has 0 bridgehead atoms. The van der Waals surface area contributed by atoms with E-state index in [1.165, 1.54) is 38.9 Å². The molecule has 0 saturated heterocycles. The third-order valence-electron chi connectivity index (χ3n) is 13.0. The van der Waals surface area contributed by atoms with Crippen LogP contribution in [-0.2, 0) is 21.7 Å². The lowest BCUT2D eigenvalue weighted by Gasteiger charge is -2.30. The first-order valence-electron chi connectivity index (χ1n) is 24.1. The molecule has 0 aromatic heterocycles. The van der Waals surface area contributed by atoms with Crippen molar-refractivity contribution in [2.75, 3.05) is 0 Å². The van der Waals surface area contributed by atoms with Gasteiger partial charge < -0.3 is 5.11 Å². The number of allylic oxidation sites excluding steroid dienone is 1. The van der Waals surface area contributed by atoms with Crippen LogP contribution in [0, 0.1) is 6.85 Å². The Morgan fingerprint density at radius 2 is 0.984 bits per heavy atom. The van der Waals surface area contributed by atoms with Gasteiger partial charge in [0.05, 0.1) is 0 Å². The molecule has 320 valence electrons. The summed E-state index contributed by atoms with van der Waals surface area (Å²) in [5.74, 6) is 0.176. The van der Waals surface area contributed by atoms with Gasteiger partial charge in [0.1, 0.15) is 5.75 Å². The first kappa shape index (κ1) is 39.9. The Balaban J connectivity index is 1.39. The van der Waals surface area contributed by atoms with Gasteiger partial charge in [-0.2, -0.15) is 0 Å². The predicted octanol–water partition coefficient (Wildman–Crippen LogP) is 17.2. The third-order valence-corrected chi connectivity index (χ3v) is 13.0. The Morgan fingerprint density at radius 1 is 0.413 bits per heavy atom. The summed E-state index contributed by atoms with van der Waals surface area (Å²) in [4.78, 5) is 0. The lowest BCUT2D eigenvalue weighted by molar-refractivity contribution is 0.443. The minimum Gasteiger partial charge on any atom is -0.507 e. The van der Waals surface area contributed by atoms with Crippen molar-refractivity contribution < 1.29 is 9.22 Å². The number of phenols is 1. The van der Waals surface area contributed by atoms with Crippen LogP contribution in [0.15, 0.2) is 146 Å². The molecule has 7 aromatic rings. The molecule has 0 aliphatic heterocycles. The molecule has 63 heavy (non-hydrogen) atoms. The molecule has 1 atom stereocenters. The molecule has 8 rings (SSSR count). The van der Waals surface area contributed by atoms with Gasteiger partial charge in [-0.25, -0.2) is 0 Å². The maximum Gasteiger partial charge on any atom is 0.126 e. The number of hydrogen-bond donors (Lipinski definition) is 1. The molecule has 1 nitrogen and oxygen atoms in total. The number of hydrogen-bond acceptors (Lipinski definition) is 1. The number of phenolic OH excluding ortho intramolecular Hbond substituents is 1. The van der Waals surface area contributed by atoms with Crippen LogP contribution < -0.4 is 0 Å². The number of aryl methyl sites for hydroxylation is 1. The van der Waals surface area contributed by atoms with Gasteiger partial charge in [0.15, 0.2) is 0 Å². The van der Waals surface area contributed by atoms with Crippen molar-refractivity contribution in [2.45, 2.75) is 118 Å². The van der Waals surface area contributed by atoms with Gasteiger partial charge in [-0.3, -0.25) is 0 Å². The van der Waals surface area contributed by atoms with Crippen molar-refractivity contribution in [3.63, 3.8) is 0 Å². The van der Waals surface area contributed by atoms with Gasteiger partial charge in [-0.1, -0.05) is 216 Å². The summed E-state index contributed by atoms with van der Waals surface area (Å²) >= 11 is 0. The smallest absolute Gasteiger partial charge is 0.126 e. The van der Waals surface area contributed by atoms with Crippen LogP contribution in [0.3, 0.4) is 0 Å². The molecular formula is C62H66O. The lowest BCUT2D eigenvalue weighted by Crippen LogP contribution is -2.18. The van der Waals surface area contributed by atoms with Crippen molar-refractivity contribution in [3.8, 4) is 50.3 Å². The van der Waals surface area contributed by atoms with E-state index in [4.69, 9.17) is 4.11 Å². The largest absolute Gasteiger partial charge is 0.507 e. The number of aromatic hydroxyl groups is 1. The zero-order chi connectivity index (χ0) is 47.7. The predicted molar refractivity (Wildman–Crippen MR) is 272 cm³/mol. The summed E-state index contributed by atoms with van der Waals surface area (Å²) in [6, 6.07) is 51.9. The zero-order valence-electron chi connectivity index (χ0n) is 42.5. The Bertz CT molecular complexity index is 2970. The number of rotatable bonds is 6. The molecule has 1 aliphatic rings. The van der Waals surface area contributed by atoms with E-state index in [0.717, 1.165) is 55.6 Å². The summed E-state index contributed by atoms with van der Waals surface area (Å²) in [5.41, 5.74) is 18.8. The van der Waals surface area contributed by atoms with Crippen molar-refractivity contribution in [3.05, 3.63) is 196 Å². The van der Waals surface area contributed by atoms with Gasteiger partial charge in [0.25, 0.3) is 0 Å². The van der Waals surface area contributed by atoms with Gasteiger partial charge in [0.2, 0.25) is 0 Å². The van der Waals surface area contributed by atoms with E-state index in [2.05, 4.69) is 210 Å². The summed E-state index contributed by atoms with van der Waals surface area (Å²) in [6.07, 6.45) is 2.38. The Labute approximate surface area is 382 Å². The monoisotopic (exact) mass is 830 g/mol. The minimum atomic E-state index is -2.15. The van der Waals surface area contributed by atoms with Crippen LogP contribution in [0.1, 0.15) is 143 Å². The van der Waals surface area contributed by atoms with Gasteiger partial charge in [-0.05, 0) is 136 Å². The van der Waals surface area contributed by atoms with Crippen LogP contribution >= 0.6 is 0 Å². The summed E-state index contributed by atoms with van der Waals surface area (Å²) in [5, 5.41) is 12.6.